The lowest BCUT2D eigenvalue weighted by Crippen LogP contribution is -2.03. The Morgan fingerprint density at radius 1 is 0.346 bits per heavy atom. The summed E-state index contributed by atoms with van der Waals surface area (Å²) in [6, 6.07) is 12.2. The Morgan fingerprint density at radius 2 is 0.615 bits per heavy atom. The van der Waals surface area contributed by atoms with E-state index in [1.54, 1.807) is 0 Å². The molecule has 0 unspecified atom stereocenters. The molecule has 0 aliphatic rings. The molecule has 4 heteroatoms. The van der Waals surface area contributed by atoms with E-state index in [9.17, 15) is 0 Å². The van der Waals surface area contributed by atoms with Crippen LogP contribution in [-0.2, 0) is 0 Å². The van der Waals surface area contributed by atoms with Crippen LogP contribution in [-0.4, -0.2) is 13.2 Å². The molecule has 0 aliphatic carbocycles. The van der Waals surface area contributed by atoms with Crippen LogP contribution in [0.2, 0.25) is 10.0 Å². The second-order valence-electron chi connectivity index (χ2n) is 15.6. The first-order valence-corrected chi connectivity index (χ1v) is 23.0. The van der Waals surface area contributed by atoms with E-state index < -0.39 is 0 Å². The number of fused-ring (bicyclic) bond motifs is 2. The van der Waals surface area contributed by atoms with Gasteiger partial charge in [0.2, 0.25) is 0 Å². The van der Waals surface area contributed by atoms with Gasteiger partial charge in [-0.1, -0.05) is 241 Å². The van der Waals surface area contributed by atoms with Crippen LogP contribution in [0.4, 0.5) is 0 Å². The van der Waals surface area contributed by atoms with E-state index in [-0.39, 0.29) is 0 Å². The molecule has 0 heterocycles. The summed E-state index contributed by atoms with van der Waals surface area (Å²) in [6.07, 6.45) is 40.6. The molecule has 0 saturated heterocycles. The van der Waals surface area contributed by atoms with Gasteiger partial charge in [-0.25, -0.2) is 0 Å². The van der Waals surface area contributed by atoms with Crippen molar-refractivity contribution in [1.82, 2.24) is 0 Å². The van der Waals surface area contributed by atoms with Crippen LogP contribution in [0.1, 0.15) is 206 Å². The van der Waals surface area contributed by atoms with Gasteiger partial charge in [0.1, 0.15) is 11.5 Å². The van der Waals surface area contributed by atoms with Crippen molar-refractivity contribution in [3.05, 3.63) is 46.4 Å². The molecule has 0 amide bonds. The van der Waals surface area contributed by atoms with Crippen LogP contribution in [0.5, 0.6) is 11.5 Å². The number of hydrogen-bond acceptors (Lipinski definition) is 2. The molecule has 294 valence electrons. The molecule has 0 radical (unpaired) electrons. The van der Waals surface area contributed by atoms with Crippen LogP contribution in [0.25, 0.3) is 21.5 Å². The highest BCUT2D eigenvalue weighted by Crippen LogP contribution is 2.47. The Labute approximate surface area is 330 Å². The number of unbranched alkanes of at least 4 members (excludes halogenated alkanes) is 28. The van der Waals surface area contributed by atoms with Crippen molar-refractivity contribution in [2.24, 2.45) is 0 Å². The van der Waals surface area contributed by atoms with Crippen molar-refractivity contribution in [3.8, 4) is 11.5 Å². The average Bonchev–Trinajstić information content (AvgIpc) is 3.15. The Balaban J connectivity index is 1.37. The third-order valence-electron chi connectivity index (χ3n) is 11.0. The molecule has 0 aliphatic heterocycles. The molecule has 3 aromatic carbocycles. The van der Waals surface area contributed by atoms with Crippen LogP contribution >= 0.6 is 23.2 Å². The number of halogens is 2. The maximum atomic E-state index is 6.89. The zero-order chi connectivity index (χ0) is 36.9. The van der Waals surface area contributed by atoms with Crippen molar-refractivity contribution >= 4 is 44.7 Å². The summed E-state index contributed by atoms with van der Waals surface area (Å²) in [5, 5.41) is 5.21. The van der Waals surface area contributed by atoms with E-state index in [1.807, 2.05) is 24.3 Å². The monoisotopic (exact) mass is 755 g/mol. The fourth-order valence-electron chi connectivity index (χ4n) is 7.75. The van der Waals surface area contributed by atoms with Gasteiger partial charge in [-0.2, -0.15) is 0 Å². The number of benzene rings is 3. The minimum absolute atomic E-state index is 0.665. The topological polar surface area (TPSA) is 18.5 Å². The third-order valence-corrected chi connectivity index (χ3v) is 11.6. The molecule has 0 aromatic heterocycles. The summed E-state index contributed by atoms with van der Waals surface area (Å²) in [5.41, 5.74) is 0. The van der Waals surface area contributed by atoms with Gasteiger partial charge in [0.25, 0.3) is 0 Å². The summed E-state index contributed by atoms with van der Waals surface area (Å²) in [4.78, 5) is 0. The van der Waals surface area contributed by atoms with Gasteiger partial charge in [-0.05, 0) is 25.0 Å². The van der Waals surface area contributed by atoms with E-state index in [0.29, 0.717) is 23.3 Å². The van der Waals surface area contributed by atoms with Gasteiger partial charge >= 0.3 is 0 Å². The first kappa shape index (κ1) is 44.8. The summed E-state index contributed by atoms with van der Waals surface area (Å²) in [5.74, 6) is 1.67. The highest BCUT2D eigenvalue weighted by molar-refractivity contribution is 6.40. The quantitative estimate of drug-likeness (QED) is 0.0446. The fourth-order valence-corrected chi connectivity index (χ4v) is 8.27. The maximum Gasteiger partial charge on any atom is 0.138 e. The zero-order valence-corrected chi connectivity index (χ0v) is 35.2. The van der Waals surface area contributed by atoms with Gasteiger partial charge in [-0.15, -0.1) is 0 Å². The molecular formula is C48H76Cl2O2. The molecule has 52 heavy (non-hydrogen) atoms. The molecular weight excluding hydrogens is 679 g/mol. The number of hydrogen-bond donors (Lipinski definition) is 0. The maximum absolute atomic E-state index is 6.89. The smallest absolute Gasteiger partial charge is 0.138 e. The van der Waals surface area contributed by atoms with Gasteiger partial charge in [0.05, 0.1) is 23.3 Å². The first-order chi connectivity index (χ1) is 25.7. The van der Waals surface area contributed by atoms with Crippen LogP contribution in [0, 0.1) is 0 Å². The van der Waals surface area contributed by atoms with Crippen LogP contribution in [0.3, 0.4) is 0 Å². The molecule has 0 fully saturated rings. The van der Waals surface area contributed by atoms with Crippen molar-refractivity contribution in [1.29, 1.82) is 0 Å². The SMILES string of the molecule is CCCCCCCCCCCCCCCCCOc1c2cccc(Cl)c2c(OCCCCCCCCCCCCCCCCC)c2c(Cl)cccc12. The summed E-state index contributed by atoms with van der Waals surface area (Å²) in [6.45, 7) is 5.95. The third kappa shape index (κ3) is 17.7. The second-order valence-corrected chi connectivity index (χ2v) is 16.4. The van der Waals surface area contributed by atoms with E-state index in [2.05, 4.69) is 26.0 Å². The molecule has 0 bridgehead atoms. The van der Waals surface area contributed by atoms with E-state index in [4.69, 9.17) is 32.7 Å². The van der Waals surface area contributed by atoms with Crippen molar-refractivity contribution in [2.75, 3.05) is 13.2 Å². The van der Waals surface area contributed by atoms with Crippen molar-refractivity contribution in [3.63, 3.8) is 0 Å². The number of ether oxygens (including phenoxy) is 2. The molecule has 0 atom stereocenters. The Kier molecular flexibility index (Phi) is 25.5. The van der Waals surface area contributed by atoms with Crippen molar-refractivity contribution < 1.29 is 9.47 Å². The van der Waals surface area contributed by atoms with E-state index in [0.717, 1.165) is 45.9 Å². The predicted molar refractivity (Wildman–Crippen MR) is 232 cm³/mol. The van der Waals surface area contributed by atoms with Crippen LogP contribution < -0.4 is 9.47 Å². The normalized spacial score (nSPS) is 11.6. The average molecular weight is 756 g/mol. The lowest BCUT2D eigenvalue weighted by molar-refractivity contribution is 0.306. The predicted octanol–water partition coefficient (Wildman–Crippen LogP) is 17.8. The van der Waals surface area contributed by atoms with Crippen molar-refractivity contribution in [2.45, 2.75) is 206 Å². The highest BCUT2D eigenvalue weighted by atomic mass is 35.5. The Bertz CT molecular complexity index is 1260. The second kappa shape index (κ2) is 29.7. The molecule has 0 saturated carbocycles. The Hall–Kier alpha value is -1.64. The highest BCUT2D eigenvalue weighted by Gasteiger charge is 2.20. The van der Waals surface area contributed by atoms with Gasteiger partial charge in [0, 0.05) is 21.5 Å². The van der Waals surface area contributed by atoms with Crippen LogP contribution in [0.15, 0.2) is 36.4 Å². The minimum Gasteiger partial charge on any atom is -0.492 e. The summed E-state index contributed by atoms with van der Waals surface area (Å²) in [7, 11) is 0. The largest absolute Gasteiger partial charge is 0.492 e. The number of rotatable bonds is 34. The van der Waals surface area contributed by atoms with Gasteiger partial charge in [0.15, 0.2) is 0 Å². The fraction of sp³-hybridized carbons (Fsp3) is 0.708. The lowest BCUT2D eigenvalue weighted by Gasteiger charge is -2.19. The van der Waals surface area contributed by atoms with Gasteiger partial charge in [-0.3, -0.25) is 0 Å². The molecule has 2 nitrogen and oxygen atoms in total. The first-order valence-electron chi connectivity index (χ1n) is 22.3. The van der Waals surface area contributed by atoms with E-state index >= 15 is 0 Å². The standard InChI is InChI=1S/C48H76Cl2O2/c1-3-5-7-9-11-13-15-17-19-21-23-25-27-29-31-39-51-47-41-35-33-37-43(49)45(41)48(46-42(47)36-34-38-44(46)50)52-40-32-30-28-26-24-22-20-18-16-14-12-10-8-6-4-2/h33-38H,3-32,39-40H2,1-2H3. The zero-order valence-electron chi connectivity index (χ0n) is 33.7. The van der Waals surface area contributed by atoms with E-state index in [1.165, 1.54) is 180 Å². The minimum atomic E-state index is 0.665. The molecule has 3 rings (SSSR count). The molecule has 0 N–H and O–H groups in total. The van der Waals surface area contributed by atoms with Gasteiger partial charge < -0.3 is 9.47 Å². The Morgan fingerprint density at radius 3 is 0.923 bits per heavy atom. The summed E-state index contributed by atoms with van der Waals surface area (Å²) >= 11 is 13.8. The molecule has 0 spiro atoms. The molecule has 3 aromatic rings. The summed E-state index contributed by atoms with van der Waals surface area (Å²) < 4.78 is 13.1. The lowest BCUT2D eigenvalue weighted by atomic mass is 10.00.